The second-order valence-corrected chi connectivity index (χ2v) is 6.53. The van der Waals surface area contributed by atoms with Crippen molar-refractivity contribution in [2.24, 2.45) is 5.92 Å². The second kappa shape index (κ2) is 5.29. The number of halogens is 3. The first-order valence-electron chi connectivity index (χ1n) is 7.50. The summed E-state index contributed by atoms with van der Waals surface area (Å²) in [6.45, 7) is 5.54. The van der Waals surface area contributed by atoms with Gasteiger partial charge in [-0.2, -0.15) is 13.2 Å². The van der Waals surface area contributed by atoms with Crippen molar-refractivity contribution in [2.75, 3.05) is 19.6 Å². The number of piperazine rings is 1. The quantitative estimate of drug-likeness (QED) is 0.921. The zero-order valence-corrected chi connectivity index (χ0v) is 12.2. The van der Waals surface area contributed by atoms with Gasteiger partial charge in [-0.05, 0) is 37.3 Å². The lowest BCUT2D eigenvalue weighted by molar-refractivity contribution is -0.137. The molecule has 0 radical (unpaired) electrons. The van der Waals surface area contributed by atoms with Crippen LogP contribution in [0.5, 0.6) is 0 Å². The van der Waals surface area contributed by atoms with Gasteiger partial charge in [0.05, 0.1) is 5.56 Å². The van der Waals surface area contributed by atoms with Gasteiger partial charge in [0.25, 0.3) is 0 Å². The summed E-state index contributed by atoms with van der Waals surface area (Å²) >= 11 is 0. The third-order valence-corrected chi connectivity index (χ3v) is 4.65. The van der Waals surface area contributed by atoms with Gasteiger partial charge in [0.15, 0.2) is 0 Å². The number of hydrogen-bond donors (Lipinski definition) is 1. The molecule has 21 heavy (non-hydrogen) atoms. The zero-order valence-electron chi connectivity index (χ0n) is 12.2. The largest absolute Gasteiger partial charge is 0.416 e. The van der Waals surface area contributed by atoms with Crippen molar-refractivity contribution in [3.8, 4) is 0 Å². The van der Waals surface area contributed by atoms with Gasteiger partial charge < -0.3 is 5.32 Å². The SMILES string of the molecule is CC1(C2CC2)CN(Cc2cccc(C(F)(F)F)c2)CCN1. The molecule has 1 saturated carbocycles. The molecule has 1 aliphatic carbocycles. The van der Waals surface area contributed by atoms with Gasteiger partial charge in [-0.1, -0.05) is 18.2 Å². The Morgan fingerprint density at radius 3 is 2.76 bits per heavy atom. The van der Waals surface area contributed by atoms with E-state index in [1.807, 2.05) is 0 Å². The predicted octanol–water partition coefficient (Wildman–Crippen LogP) is 3.28. The van der Waals surface area contributed by atoms with E-state index in [-0.39, 0.29) is 5.54 Å². The Morgan fingerprint density at radius 2 is 2.10 bits per heavy atom. The fourth-order valence-corrected chi connectivity index (χ4v) is 3.33. The molecule has 2 aliphatic rings. The molecule has 0 aromatic heterocycles. The molecule has 0 bridgehead atoms. The third-order valence-electron chi connectivity index (χ3n) is 4.65. The number of hydrogen-bond acceptors (Lipinski definition) is 2. The molecule has 1 unspecified atom stereocenters. The molecule has 1 aliphatic heterocycles. The summed E-state index contributed by atoms with van der Waals surface area (Å²) in [4.78, 5) is 2.27. The van der Waals surface area contributed by atoms with Crippen LogP contribution in [0, 0.1) is 5.92 Å². The lowest BCUT2D eigenvalue weighted by atomic mass is 9.92. The number of rotatable bonds is 3. The summed E-state index contributed by atoms with van der Waals surface area (Å²) < 4.78 is 38.3. The van der Waals surface area contributed by atoms with E-state index < -0.39 is 11.7 Å². The highest BCUT2D eigenvalue weighted by molar-refractivity contribution is 5.25. The van der Waals surface area contributed by atoms with Gasteiger partial charge in [-0.25, -0.2) is 0 Å². The minimum Gasteiger partial charge on any atom is -0.309 e. The number of nitrogens with one attached hydrogen (secondary N) is 1. The van der Waals surface area contributed by atoms with Crippen LogP contribution in [0.25, 0.3) is 0 Å². The molecule has 1 atom stereocenters. The molecular formula is C16H21F3N2. The Balaban J connectivity index is 1.69. The fraction of sp³-hybridized carbons (Fsp3) is 0.625. The van der Waals surface area contributed by atoms with Crippen LogP contribution in [0.3, 0.4) is 0 Å². The monoisotopic (exact) mass is 298 g/mol. The van der Waals surface area contributed by atoms with Crippen LogP contribution in [0.4, 0.5) is 13.2 Å². The van der Waals surface area contributed by atoms with E-state index in [9.17, 15) is 13.2 Å². The van der Waals surface area contributed by atoms with Crippen molar-refractivity contribution in [2.45, 2.75) is 38.0 Å². The molecule has 1 heterocycles. The summed E-state index contributed by atoms with van der Waals surface area (Å²) in [7, 11) is 0. The molecule has 1 aromatic rings. The van der Waals surface area contributed by atoms with Crippen molar-refractivity contribution in [3.05, 3.63) is 35.4 Å². The minimum atomic E-state index is -4.26. The van der Waals surface area contributed by atoms with Gasteiger partial charge in [0, 0.05) is 31.7 Å². The number of alkyl halides is 3. The predicted molar refractivity (Wildman–Crippen MR) is 75.9 cm³/mol. The molecule has 1 N–H and O–H groups in total. The van der Waals surface area contributed by atoms with Crippen molar-refractivity contribution in [3.63, 3.8) is 0 Å². The van der Waals surface area contributed by atoms with E-state index in [1.54, 1.807) is 6.07 Å². The minimum absolute atomic E-state index is 0.125. The topological polar surface area (TPSA) is 15.3 Å². The van der Waals surface area contributed by atoms with Crippen LogP contribution in [-0.2, 0) is 12.7 Å². The molecule has 1 aromatic carbocycles. The Morgan fingerprint density at radius 1 is 1.33 bits per heavy atom. The molecule has 1 saturated heterocycles. The average molecular weight is 298 g/mol. The van der Waals surface area contributed by atoms with Crippen LogP contribution >= 0.6 is 0 Å². The fourth-order valence-electron chi connectivity index (χ4n) is 3.33. The van der Waals surface area contributed by atoms with Crippen LogP contribution < -0.4 is 5.32 Å². The van der Waals surface area contributed by atoms with Crippen LogP contribution in [0.15, 0.2) is 24.3 Å². The highest BCUT2D eigenvalue weighted by Crippen LogP contribution is 2.41. The lowest BCUT2D eigenvalue weighted by Gasteiger charge is -2.42. The van der Waals surface area contributed by atoms with E-state index in [0.29, 0.717) is 6.54 Å². The summed E-state index contributed by atoms with van der Waals surface area (Å²) in [5.41, 5.74) is 0.310. The molecule has 0 spiro atoms. The molecule has 2 fully saturated rings. The van der Waals surface area contributed by atoms with E-state index in [4.69, 9.17) is 0 Å². The third kappa shape index (κ3) is 3.40. The maximum Gasteiger partial charge on any atom is 0.416 e. The zero-order chi connectivity index (χ0) is 15.1. The standard InChI is InChI=1S/C16H21F3N2/c1-15(13-5-6-13)11-21(8-7-20-15)10-12-3-2-4-14(9-12)16(17,18)19/h2-4,9,13,20H,5-8,10-11H2,1H3. The lowest BCUT2D eigenvalue weighted by Crippen LogP contribution is -2.59. The Kier molecular flexibility index (Phi) is 3.74. The maximum atomic E-state index is 12.8. The molecule has 2 nitrogen and oxygen atoms in total. The Labute approximate surface area is 123 Å². The number of benzene rings is 1. The van der Waals surface area contributed by atoms with Crippen LogP contribution in [0.2, 0.25) is 0 Å². The summed E-state index contributed by atoms with van der Waals surface area (Å²) in [6.07, 6.45) is -1.73. The van der Waals surface area contributed by atoms with Gasteiger partial charge in [-0.15, -0.1) is 0 Å². The summed E-state index contributed by atoms with van der Waals surface area (Å²) in [6, 6.07) is 5.69. The molecule has 3 rings (SSSR count). The smallest absolute Gasteiger partial charge is 0.309 e. The van der Waals surface area contributed by atoms with E-state index in [2.05, 4.69) is 17.1 Å². The summed E-state index contributed by atoms with van der Waals surface area (Å²) in [5.74, 6) is 0.724. The van der Waals surface area contributed by atoms with Crippen molar-refractivity contribution in [1.29, 1.82) is 0 Å². The molecule has 0 amide bonds. The Hall–Kier alpha value is -1.07. The second-order valence-electron chi connectivity index (χ2n) is 6.53. The molecule has 116 valence electrons. The summed E-state index contributed by atoms with van der Waals surface area (Å²) in [5, 5.41) is 3.59. The van der Waals surface area contributed by atoms with Gasteiger partial charge in [0.1, 0.15) is 0 Å². The van der Waals surface area contributed by atoms with E-state index in [0.717, 1.165) is 37.2 Å². The molecular weight excluding hydrogens is 277 g/mol. The Bertz CT molecular complexity index is 510. The molecule has 5 heteroatoms. The first-order valence-corrected chi connectivity index (χ1v) is 7.50. The van der Waals surface area contributed by atoms with Gasteiger partial charge in [-0.3, -0.25) is 4.90 Å². The van der Waals surface area contributed by atoms with Crippen molar-refractivity contribution >= 4 is 0 Å². The first-order chi connectivity index (χ1) is 9.87. The maximum absolute atomic E-state index is 12.8. The van der Waals surface area contributed by atoms with E-state index >= 15 is 0 Å². The first kappa shape index (κ1) is 14.9. The van der Waals surface area contributed by atoms with Gasteiger partial charge in [0.2, 0.25) is 0 Å². The average Bonchev–Trinajstić information content (AvgIpc) is 3.23. The normalized spacial score (nSPS) is 27.8. The van der Waals surface area contributed by atoms with Crippen LogP contribution in [0.1, 0.15) is 30.9 Å². The highest BCUT2D eigenvalue weighted by atomic mass is 19.4. The number of nitrogens with zero attached hydrogens (tertiary/aromatic N) is 1. The van der Waals surface area contributed by atoms with Gasteiger partial charge >= 0.3 is 6.18 Å². The van der Waals surface area contributed by atoms with Crippen LogP contribution in [-0.4, -0.2) is 30.1 Å². The van der Waals surface area contributed by atoms with Crippen molar-refractivity contribution in [1.82, 2.24) is 10.2 Å². The van der Waals surface area contributed by atoms with E-state index in [1.165, 1.54) is 25.0 Å². The van der Waals surface area contributed by atoms with Crippen molar-refractivity contribution < 1.29 is 13.2 Å². The highest BCUT2D eigenvalue weighted by Gasteiger charge is 2.43.